The van der Waals surface area contributed by atoms with E-state index in [1.807, 2.05) is 20.0 Å². The zero-order valence-corrected chi connectivity index (χ0v) is 16.4. The molecule has 130 valence electrons. The first kappa shape index (κ1) is 21.7. The van der Waals surface area contributed by atoms with Crippen molar-refractivity contribution in [2.45, 2.75) is 25.9 Å². The van der Waals surface area contributed by atoms with Crippen LogP contribution in [0.1, 0.15) is 19.8 Å². The van der Waals surface area contributed by atoms with Crippen molar-refractivity contribution in [3.05, 3.63) is 42.7 Å². The minimum Gasteiger partial charge on any atom is -0.489 e. The van der Waals surface area contributed by atoms with Crippen molar-refractivity contribution in [1.82, 2.24) is 10.2 Å². The van der Waals surface area contributed by atoms with E-state index in [1.165, 1.54) is 12.1 Å². The molecule has 23 heavy (non-hydrogen) atoms. The van der Waals surface area contributed by atoms with Gasteiger partial charge in [-0.25, -0.2) is 4.39 Å². The molecule has 0 aliphatic rings. The van der Waals surface area contributed by atoms with Crippen molar-refractivity contribution in [3.63, 3.8) is 0 Å². The summed E-state index contributed by atoms with van der Waals surface area (Å²) >= 11 is 0. The van der Waals surface area contributed by atoms with Gasteiger partial charge in [0.05, 0.1) is 6.54 Å². The van der Waals surface area contributed by atoms with Crippen LogP contribution in [0.15, 0.2) is 41.9 Å². The van der Waals surface area contributed by atoms with Gasteiger partial charge in [-0.1, -0.05) is 6.08 Å². The molecule has 1 unspecified atom stereocenters. The van der Waals surface area contributed by atoms with Crippen LogP contribution in [-0.4, -0.2) is 44.1 Å². The molecule has 1 aromatic carbocycles. The Labute approximate surface area is 155 Å². The second-order valence-corrected chi connectivity index (χ2v) is 5.16. The summed E-state index contributed by atoms with van der Waals surface area (Å²) in [6, 6.07) is 6.04. The second kappa shape index (κ2) is 12.2. The number of nitrogens with zero attached hydrogens (tertiary/aromatic N) is 2. The van der Waals surface area contributed by atoms with Crippen molar-refractivity contribution in [2.75, 3.05) is 27.2 Å². The largest absolute Gasteiger partial charge is 0.489 e. The molecule has 0 saturated heterocycles. The van der Waals surface area contributed by atoms with Gasteiger partial charge in [0.2, 0.25) is 0 Å². The smallest absolute Gasteiger partial charge is 0.193 e. The lowest BCUT2D eigenvalue weighted by Gasteiger charge is -2.23. The van der Waals surface area contributed by atoms with Crippen LogP contribution in [0.2, 0.25) is 0 Å². The fourth-order valence-electron chi connectivity index (χ4n) is 1.99. The Kier molecular flexibility index (Phi) is 11.5. The predicted molar refractivity (Wildman–Crippen MR) is 105 cm³/mol. The number of halogens is 2. The SMILES string of the molecule is C=CCCCN(C)C(=NC)NCC(C)Oc1ccc(F)cc1.I. The maximum atomic E-state index is 12.8. The molecule has 4 nitrogen and oxygen atoms in total. The summed E-state index contributed by atoms with van der Waals surface area (Å²) in [6.07, 6.45) is 3.90. The molecule has 1 aromatic rings. The van der Waals surface area contributed by atoms with Gasteiger partial charge in [-0.15, -0.1) is 30.6 Å². The Morgan fingerprint density at radius 1 is 1.43 bits per heavy atom. The predicted octanol–water partition coefficient (Wildman–Crippen LogP) is 3.68. The molecule has 0 heterocycles. The van der Waals surface area contributed by atoms with Crippen molar-refractivity contribution < 1.29 is 9.13 Å². The Bertz CT molecular complexity index is 479. The van der Waals surface area contributed by atoms with Gasteiger partial charge in [-0.3, -0.25) is 4.99 Å². The summed E-state index contributed by atoms with van der Waals surface area (Å²) in [5.41, 5.74) is 0. The third-order valence-electron chi connectivity index (χ3n) is 3.17. The molecule has 0 bridgehead atoms. The highest BCUT2D eigenvalue weighted by atomic mass is 127. The average molecular weight is 435 g/mol. The Hall–Kier alpha value is -1.31. The number of guanidine groups is 1. The standard InChI is InChI=1S/C17H26FN3O.HI/c1-5-6-7-12-21(4)17(19-3)20-13-14(2)22-16-10-8-15(18)9-11-16;/h5,8-11,14H,1,6-7,12-13H2,2-4H3,(H,19,20);1H. The monoisotopic (exact) mass is 435 g/mol. The molecule has 6 heteroatoms. The molecular weight excluding hydrogens is 408 g/mol. The van der Waals surface area contributed by atoms with E-state index in [9.17, 15) is 4.39 Å². The van der Waals surface area contributed by atoms with Gasteiger partial charge in [0.15, 0.2) is 5.96 Å². The zero-order chi connectivity index (χ0) is 16.4. The summed E-state index contributed by atoms with van der Waals surface area (Å²) in [5, 5.41) is 3.28. The van der Waals surface area contributed by atoms with Crippen LogP contribution < -0.4 is 10.1 Å². The maximum absolute atomic E-state index is 12.8. The van der Waals surface area contributed by atoms with Crippen LogP contribution in [0.3, 0.4) is 0 Å². The molecule has 0 saturated carbocycles. The first-order chi connectivity index (χ1) is 10.6. The van der Waals surface area contributed by atoms with Crippen LogP contribution >= 0.6 is 24.0 Å². The topological polar surface area (TPSA) is 36.9 Å². The number of nitrogens with one attached hydrogen (secondary N) is 1. The fraction of sp³-hybridized carbons (Fsp3) is 0.471. The number of hydrogen-bond donors (Lipinski definition) is 1. The number of unbranched alkanes of at least 4 members (excludes halogenated alkanes) is 1. The normalized spacial score (nSPS) is 12.1. The van der Waals surface area contributed by atoms with E-state index in [1.54, 1.807) is 19.2 Å². The van der Waals surface area contributed by atoms with Crippen molar-refractivity contribution >= 4 is 29.9 Å². The lowest BCUT2D eigenvalue weighted by atomic mass is 10.3. The summed E-state index contributed by atoms with van der Waals surface area (Å²) in [7, 11) is 3.77. The van der Waals surface area contributed by atoms with E-state index in [0.29, 0.717) is 12.3 Å². The van der Waals surface area contributed by atoms with E-state index in [2.05, 4.69) is 21.8 Å². The minimum absolute atomic E-state index is 0. The molecule has 1 rings (SSSR count). The molecule has 1 atom stereocenters. The molecule has 0 aliphatic heterocycles. The number of aliphatic imine (C=N–C) groups is 1. The number of ether oxygens (including phenoxy) is 1. The second-order valence-electron chi connectivity index (χ2n) is 5.16. The van der Waals surface area contributed by atoms with Gasteiger partial charge in [-0.05, 0) is 44.0 Å². The van der Waals surface area contributed by atoms with Crippen LogP contribution in [0.5, 0.6) is 5.75 Å². The number of benzene rings is 1. The van der Waals surface area contributed by atoms with E-state index < -0.39 is 0 Å². The van der Waals surface area contributed by atoms with Crippen molar-refractivity contribution in [2.24, 2.45) is 4.99 Å². The lowest BCUT2D eigenvalue weighted by molar-refractivity contribution is 0.222. The first-order valence-electron chi connectivity index (χ1n) is 7.51. The average Bonchev–Trinajstić information content (AvgIpc) is 2.50. The van der Waals surface area contributed by atoms with Gasteiger partial charge < -0.3 is 15.0 Å². The molecular formula is C17H27FIN3O. The Morgan fingerprint density at radius 2 is 2.09 bits per heavy atom. The highest BCUT2D eigenvalue weighted by Gasteiger charge is 2.09. The van der Waals surface area contributed by atoms with Crippen LogP contribution in [0.4, 0.5) is 4.39 Å². The van der Waals surface area contributed by atoms with Crippen molar-refractivity contribution in [3.8, 4) is 5.75 Å². The molecule has 0 aromatic heterocycles. The highest BCUT2D eigenvalue weighted by Crippen LogP contribution is 2.12. The Balaban J connectivity index is 0.00000484. The zero-order valence-electron chi connectivity index (χ0n) is 14.1. The van der Waals surface area contributed by atoms with Crippen LogP contribution in [0.25, 0.3) is 0 Å². The summed E-state index contributed by atoms with van der Waals surface area (Å²) in [5.74, 6) is 1.23. The van der Waals surface area contributed by atoms with Gasteiger partial charge in [0, 0.05) is 20.6 Å². The van der Waals surface area contributed by atoms with Crippen molar-refractivity contribution in [1.29, 1.82) is 0 Å². The van der Waals surface area contributed by atoms with Gasteiger partial charge in [0.25, 0.3) is 0 Å². The number of rotatable bonds is 8. The summed E-state index contributed by atoms with van der Waals surface area (Å²) in [4.78, 5) is 6.34. The number of hydrogen-bond acceptors (Lipinski definition) is 2. The summed E-state index contributed by atoms with van der Waals surface area (Å²) in [6.45, 7) is 7.22. The Morgan fingerprint density at radius 3 is 2.65 bits per heavy atom. The van der Waals surface area contributed by atoms with Gasteiger partial charge in [-0.2, -0.15) is 0 Å². The quantitative estimate of drug-likeness (QED) is 0.223. The number of allylic oxidation sites excluding steroid dienone is 1. The van der Waals surface area contributed by atoms with E-state index in [-0.39, 0.29) is 35.9 Å². The fourth-order valence-corrected chi connectivity index (χ4v) is 1.99. The summed E-state index contributed by atoms with van der Waals surface area (Å²) < 4.78 is 18.6. The lowest BCUT2D eigenvalue weighted by Crippen LogP contribution is -2.43. The highest BCUT2D eigenvalue weighted by molar-refractivity contribution is 14.0. The van der Waals surface area contributed by atoms with E-state index in [4.69, 9.17) is 4.74 Å². The molecule has 1 N–H and O–H groups in total. The van der Waals surface area contributed by atoms with E-state index >= 15 is 0 Å². The molecule has 0 fully saturated rings. The minimum atomic E-state index is -0.264. The third kappa shape index (κ3) is 8.78. The van der Waals surface area contributed by atoms with E-state index in [0.717, 1.165) is 25.3 Å². The molecule has 0 spiro atoms. The maximum Gasteiger partial charge on any atom is 0.193 e. The van der Waals surface area contributed by atoms with Crippen LogP contribution in [-0.2, 0) is 0 Å². The molecule has 0 radical (unpaired) electrons. The molecule has 0 amide bonds. The third-order valence-corrected chi connectivity index (χ3v) is 3.17. The van der Waals surface area contributed by atoms with Gasteiger partial charge in [0.1, 0.15) is 17.7 Å². The van der Waals surface area contributed by atoms with Gasteiger partial charge >= 0.3 is 0 Å². The molecule has 0 aliphatic carbocycles. The first-order valence-corrected chi connectivity index (χ1v) is 7.51. The van der Waals surface area contributed by atoms with Crippen LogP contribution in [0, 0.1) is 5.82 Å².